The van der Waals surface area contributed by atoms with Crippen LogP contribution in [0.5, 0.6) is 0 Å². The van der Waals surface area contributed by atoms with Gasteiger partial charge in [0, 0.05) is 10.9 Å². The number of hydrogen-bond acceptors (Lipinski definition) is 2. The van der Waals surface area contributed by atoms with E-state index in [-0.39, 0.29) is 0 Å². The van der Waals surface area contributed by atoms with E-state index in [1.54, 1.807) is 0 Å². The molecule has 1 fully saturated rings. The molecule has 0 aliphatic heterocycles. The van der Waals surface area contributed by atoms with Gasteiger partial charge in [0.1, 0.15) is 11.3 Å². The molecule has 1 N–H and O–H groups in total. The van der Waals surface area contributed by atoms with Crippen LogP contribution in [0.4, 0.5) is 0 Å². The van der Waals surface area contributed by atoms with Crippen molar-refractivity contribution in [2.45, 2.75) is 25.4 Å². The van der Waals surface area contributed by atoms with Crippen molar-refractivity contribution < 1.29 is 9.52 Å². The minimum atomic E-state index is -0.607. The first-order valence-electron chi connectivity index (χ1n) is 4.91. The average molecular weight is 188 g/mol. The van der Waals surface area contributed by atoms with E-state index in [1.165, 1.54) is 0 Å². The van der Waals surface area contributed by atoms with E-state index in [0.717, 1.165) is 35.1 Å². The normalized spacial score (nSPS) is 18.7. The van der Waals surface area contributed by atoms with Crippen molar-refractivity contribution in [2.75, 3.05) is 0 Å². The SMILES string of the molecule is Cc1cc2cccc(C3(O)CC3)c2o1. The number of furan rings is 1. The van der Waals surface area contributed by atoms with Crippen LogP contribution in [0.3, 0.4) is 0 Å². The maximum absolute atomic E-state index is 10.0. The summed E-state index contributed by atoms with van der Waals surface area (Å²) in [6.07, 6.45) is 1.71. The van der Waals surface area contributed by atoms with Crippen molar-refractivity contribution in [3.8, 4) is 0 Å². The van der Waals surface area contributed by atoms with Gasteiger partial charge in [0.15, 0.2) is 0 Å². The molecule has 0 radical (unpaired) electrons. The van der Waals surface area contributed by atoms with E-state index in [2.05, 4.69) is 0 Å². The summed E-state index contributed by atoms with van der Waals surface area (Å²) >= 11 is 0. The maximum atomic E-state index is 10.0. The molecule has 3 rings (SSSR count). The molecule has 0 bridgehead atoms. The number of fused-ring (bicyclic) bond motifs is 1. The molecule has 0 saturated heterocycles. The average Bonchev–Trinajstić information content (AvgIpc) is 2.78. The molecule has 1 aliphatic carbocycles. The minimum Gasteiger partial charge on any atom is -0.461 e. The Hall–Kier alpha value is -1.28. The van der Waals surface area contributed by atoms with Crippen molar-refractivity contribution in [3.63, 3.8) is 0 Å². The second-order valence-electron chi connectivity index (χ2n) is 4.11. The third-order valence-electron chi connectivity index (χ3n) is 2.89. The second-order valence-corrected chi connectivity index (χ2v) is 4.11. The molecule has 1 heterocycles. The minimum absolute atomic E-state index is 0.607. The summed E-state index contributed by atoms with van der Waals surface area (Å²) in [6, 6.07) is 7.95. The standard InChI is InChI=1S/C12H12O2/c1-8-7-9-3-2-4-10(11(9)14-8)12(13)5-6-12/h2-4,7,13H,5-6H2,1H3. The summed E-state index contributed by atoms with van der Waals surface area (Å²) in [5.74, 6) is 0.900. The topological polar surface area (TPSA) is 33.4 Å². The van der Waals surface area contributed by atoms with E-state index in [0.29, 0.717) is 0 Å². The van der Waals surface area contributed by atoms with Crippen LogP contribution in [0, 0.1) is 6.92 Å². The number of aryl methyl sites for hydroxylation is 1. The zero-order chi connectivity index (χ0) is 9.76. The van der Waals surface area contributed by atoms with Gasteiger partial charge >= 0.3 is 0 Å². The monoisotopic (exact) mass is 188 g/mol. The van der Waals surface area contributed by atoms with Crippen LogP contribution in [0.2, 0.25) is 0 Å². The fraction of sp³-hybridized carbons (Fsp3) is 0.333. The third kappa shape index (κ3) is 1.01. The van der Waals surface area contributed by atoms with E-state index in [4.69, 9.17) is 4.42 Å². The highest BCUT2D eigenvalue weighted by molar-refractivity contribution is 5.82. The Morgan fingerprint density at radius 1 is 1.36 bits per heavy atom. The number of aliphatic hydroxyl groups is 1. The quantitative estimate of drug-likeness (QED) is 0.746. The Kier molecular flexibility index (Phi) is 1.38. The highest BCUT2D eigenvalue weighted by Gasteiger charge is 2.44. The highest BCUT2D eigenvalue weighted by atomic mass is 16.3. The first-order valence-corrected chi connectivity index (χ1v) is 4.91. The lowest BCUT2D eigenvalue weighted by molar-refractivity contribution is 0.152. The lowest BCUT2D eigenvalue weighted by Gasteiger charge is -2.07. The molecule has 1 aromatic carbocycles. The number of hydrogen-bond donors (Lipinski definition) is 1. The first-order chi connectivity index (χ1) is 6.69. The van der Waals surface area contributed by atoms with Crippen molar-refractivity contribution in [3.05, 3.63) is 35.6 Å². The van der Waals surface area contributed by atoms with Crippen LogP contribution < -0.4 is 0 Å². The number of rotatable bonds is 1. The van der Waals surface area contributed by atoms with Crippen LogP contribution in [0.15, 0.2) is 28.7 Å². The molecule has 2 heteroatoms. The Morgan fingerprint density at radius 2 is 2.14 bits per heavy atom. The summed E-state index contributed by atoms with van der Waals surface area (Å²) in [7, 11) is 0. The van der Waals surface area contributed by atoms with Crippen molar-refractivity contribution in [1.82, 2.24) is 0 Å². The molecular formula is C12H12O2. The van der Waals surface area contributed by atoms with Gasteiger partial charge in [0.05, 0.1) is 5.60 Å². The van der Waals surface area contributed by atoms with E-state index in [1.807, 2.05) is 31.2 Å². The molecular weight excluding hydrogens is 176 g/mol. The van der Waals surface area contributed by atoms with Crippen LogP contribution in [-0.2, 0) is 5.60 Å². The van der Waals surface area contributed by atoms with Crippen molar-refractivity contribution in [1.29, 1.82) is 0 Å². The Balaban J connectivity index is 2.32. The molecule has 72 valence electrons. The van der Waals surface area contributed by atoms with Gasteiger partial charge in [-0.3, -0.25) is 0 Å². The van der Waals surface area contributed by atoms with Crippen LogP contribution in [-0.4, -0.2) is 5.11 Å². The van der Waals surface area contributed by atoms with Crippen molar-refractivity contribution in [2.24, 2.45) is 0 Å². The Bertz CT molecular complexity index is 492. The second kappa shape index (κ2) is 2.39. The molecule has 0 atom stereocenters. The smallest absolute Gasteiger partial charge is 0.140 e. The summed E-state index contributed by atoms with van der Waals surface area (Å²) in [4.78, 5) is 0. The molecule has 2 nitrogen and oxygen atoms in total. The maximum Gasteiger partial charge on any atom is 0.140 e. The van der Waals surface area contributed by atoms with Gasteiger partial charge in [-0.05, 0) is 25.8 Å². The fourth-order valence-electron chi connectivity index (χ4n) is 1.95. The molecule has 0 unspecified atom stereocenters. The van der Waals surface area contributed by atoms with Gasteiger partial charge in [0.2, 0.25) is 0 Å². The molecule has 1 saturated carbocycles. The Labute approximate surface area is 82.2 Å². The van der Waals surface area contributed by atoms with Crippen LogP contribution >= 0.6 is 0 Å². The molecule has 2 aromatic rings. The summed E-state index contributed by atoms with van der Waals surface area (Å²) in [5, 5.41) is 11.1. The van der Waals surface area contributed by atoms with Crippen LogP contribution in [0.25, 0.3) is 11.0 Å². The number of para-hydroxylation sites is 1. The van der Waals surface area contributed by atoms with E-state index >= 15 is 0 Å². The van der Waals surface area contributed by atoms with Gasteiger partial charge in [-0.1, -0.05) is 18.2 Å². The zero-order valence-corrected chi connectivity index (χ0v) is 8.08. The predicted molar refractivity (Wildman–Crippen MR) is 54.1 cm³/mol. The van der Waals surface area contributed by atoms with Gasteiger partial charge in [0.25, 0.3) is 0 Å². The molecule has 1 aliphatic rings. The molecule has 14 heavy (non-hydrogen) atoms. The number of benzene rings is 1. The molecule has 1 aromatic heterocycles. The lowest BCUT2D eigenvalue weighted by Crippen LogP contribution is -2.03. The van der Waals surface area contributed by atoms with Crippen molar-refractivity contribution >= 4 is 11.0 Å². The van der Waals surface area contributed by atoms with Gasteiger partial charge in [-0.15, -0.1) is 0 Å². The third-order valence-corrected chi connectivity index (χ3v) is 2.89. The largest absolute Gasteiger partial charge is 0.461 e. The predicted octanol–water partition coefficient (Wildman–Crippen LogP) is 2.72. The van der Waals surface area contributed by atoms with Gasteiger partial charge < -0.3 is 9.52 Å². The zero-order valence-electron chi connectivity index (χ0n) is 8.08. The summed E-state index contributed by atoms with van der Waals surface area (Å²) in [5.41, 5.74) is 1.19. The summed E-state index contributed by atoms with van der Waals surface area (Å²) in [6.45, 7) is 1.93. The van der Waals surface area contributed by atoms with E-state index < -0.39 is 5.60 Å². The van der Waals surface area contributed by atoms with Gasteiger partial charge in [-0.25, -0.2) is 0 Å². The summed E-state index contributed by atoms with van der Waals surface area (Å²) < 4.78 is 5.61. The van der Waals surface area contributed by atoms with Gasteiger partial charge in [-0.2, -0.15) is 0 Å². The molecule has 0 spiro atoms. The highest BCUT2D eigenvalue weighted by Crippen LogP contribution is 2.47. The fourth-order valence-corrected chi connectivity index (χ4v) is 1.95. The first kappa shape index (κ1) is 8.06. The lowest BCUT2D eigenvalue weighted by atomic mass is 10.1. The van der Waals surface area contributed by atoms with E-state index in [9.17, 15) is 5.11 Å². The Morgan fingerprint density at radius 3 is 2.86 bits per heavy atom. The molecule has 0 amide bonds. The van der Waals surface area contributed by atoms with Crippen LogP contribution in [0.1, 0.15) is 24.2 Å².